The van der Waals surface area contributed by atoms with Gasteiger partial charge in [-0.2, -0.15) is 0 Å². The standard InChI is InChI=1S/C13H18FN/c1-10-9-11(4-7-13(10)14)3-2-8-15-12-5-6-12/h4,7,9,12,15H,2-3,5-6,8H2,1H3. The second-order valence-corrected chi connectivity index (χ2v) is 4.42. The van der Waals surface area contributed by atoms with E-state index in [0.717, 1.165) is 31.0 Å². The first-order chi connectivity index (χ1) is 7.25. The van der Waals surface area contributed by atoms with Crippen LogP contribution in [0.15, 0.2) is 18.2 Å². The molecule has 0 unspecified atom stereocenters. The van der Waals surface area contributed by atoms with Crippen molar-refractivity contribution in [3.8, 4) is 0 Å². The lowest BCUT2D eigenvalue weighted by Crippen LogP contribution is -2.17. The predicted octanol–water partition coefficient (Wildman–Crippen LogP) is 2.82. The Morgan fingerprint density at radius 3 is 2.87 bits per heavy atom. The molecular weight excluding hydrogens is 189 g/mol. The monoisotopic (exact) mass is 207 g/mol. The molecule has 0 heterocycles. The lowest BCUT2D eigenvalue weighted by atomic mass is 10.1. The zero-order chi connectivity index (χ0) is 10.7. The van der Waals surface area contributed by atoms with Crippen LogP contribution in [-0.4, -0.2) is 12.6 Å². The fraction of sp³-hybridized carbons (Fsp3) is 0.538. The summed E-state index contributed by atoms with van der Waals surface area (Å²) < 4.78 is 13.0. The van der Waals surface area contributed by atoms with Crippen LogP contribution in [0.3, 0.4) is 0 Å². The van der Waals surface area contributed by atoms with Crippen LogP contribution < -0.4 is 5.32 Å². The summed E-state index contributed by atoms with van der Waals surface area (Å²) in [7, 11) is 0. The molecule has 0 atom stereocenters. The number of hydrogen-bond donors (Lipinski definition) is 1. The van der Waals surface area contributed by atoms with E-state index in [9.17, 15) is 4.39 Å². The van der Waals surface area contributed by atoms with Crippen LogP contribution in [0.4, 0.5) is 4.39 Å². The molecule has 15 heavy (non-hydrogen) atoms. The molecule has 1 N–H and O–H groups in total. The molecule has 1 nitrogen and oxygen atoms in total. The van der Waals surface area contributed by atoms with E-state index in [2.05, 4.69) is 5.32 Å². The molecule has 0 spiro atoms. The van der Waals surface area contributed by atoms with Gasteiger partial charge in [-0.25, -0.2) is 4.39 Å². The third kappa shape index (κ3) is 3.31. The van der Waals surface area contributed by atoms with Crippen LogP contribution in [0.2, 0.25) is 0 Å². The topological polar surface area (TPSA) is 12.0 Å². The first-order valence-corrected chi connectivity index (χ1v) is 5.74. The Hall–Kier alpha value is -0.890. The maximum absolute atomic E-state index is 13.0. The summed E-state index contributed by atoms with van der Waals surface area (Å²) in [5.74, 6) is -0.102. The number of benzene rings is 1. The van der Waals surface area contributed by atoms with Crippen molar-refractivity contribution in [3.63, 3.8) is 0 Å². The fourth-order valence-corrected chi connectivity index (χ4v) is 1.75. The van der Waals surface area contributed by atoms with E-state index in [1.165, 1.54) is 18.4 Å². The fourth-order valence-electron chi connectivity index (χ4n) is 1.75. The first kappa shape index (κ1) is 10.6. The highest BCUT2D eigenvalue weighted by Gasteiger charge is 2.19. The van der Waals surface area contributed by atoms with E-state index in [-0.39, 0.29) is 5.82 Å². The van der Waals surface area contributed by atoms with Gasteiger partial charge in [0, 0.05) is 6.04 Å². The van der Waals surface area contributed by atoms with Crippen molar-refractivity contribution in [2.45, 2.75) is 38.6 Å². The highest BCUT2D eigenvalue weighted by Crippen LogP contribution is 2.18. The van der Waals surface area contributed by atoms with Gasteiger partial charge in [-0.05, 0) is 56.3 Å². The molecule has 0 saturated heterocycles. The molecular formula is C13H18FN. The lowest BCUT2D eigenvalue weighted by Gasteiger charge is -2.04. The molecule has 0 bridgehead atoms. The molecule has 1 aromatic carbocycles. The Balaban J connectivity index is 1.74. The second kappa shape index (κ2) is 4.75. The maximum Gasteiger partial charge on any atom is 0.126 e. The van der Waals surface area contributed by atoms with Gasteiger partial charge >= 0.3 is 0 Å². The minimum atomic E-state index is -0.102. The third-order valence-corrected chi connectivity index (χ3v) is 2.87. The van der Waals surface area contributed by atoms with E-state index >= 15 is 0 Å². The van der Waals surface area contributed by atoms with E-state index in [0.29, 0.717) is 0 Å². The quantitative estimate of drug-likeness (QED) is 0.732. The summed E-state index contributed by atoms with van der Waals surface area (Å²) in [6.45, 7) is 2.91. The van der Waals surface area contributed by atoms with Gasteiger partial charge in [-0.3, -0.25) is 0 Å². The van der Waals surface area contributed by atoms with Gasteiger partial charge in [0.2, 0.25) is 0 Å². The first-order valence-electron chi connectivity index (χ1n) is 5.74. The summed E-state index contributed by atoms with van der Waals surface area (Å²) in [6, 6.07) is 6.20. The number of aryl methyl sites for hydroxylation is 2. The van der Waals surface area contributed by atoms with Crippen molar-refractivity contribution in [2.24, 2.45) is 0 Å². The number of nitrogens with one attached hydrogen (secondary N) is 1. The number of rotatable bonds is 5. The SMILES string of the molecule is Cc1cc(CCCNC2CC2)ccc1F. The summed E-state index contributed by atoms with van der Waals surface area (Å²) in [5, 5.41) is 3.48. The van der Waals surface area contributed by atoms with Crippen molar-refractivity contribution in [1.29, 1.82) is 0 Å². The normalized spacial score (nSPS) is 15.6. The molecule has 1 saturated carbocycles. The van der Waals surface area contributed by atoms with Crippen LogP contribution in [0, 0.1) is 12.7 Å². The van der Waals surface area contributed by atoms with E-state index in [4.69, 9.17) is 0 Å². The Bertz CT molecular complexity index is 331. The molecule has 0 aliphatic heterocycles. The molecule has 1 aliphatic rings. The van der Waals surface area contributed by atoms with Gasteiger partial charge < -0.3 is 5.32 Å². The zero-order valence-electron chi connectivity index (χ0n) is 9.22. The minimum Gasteiger partial charge on any atom is -0.314 e. The minimum absolute atomic E-state index is 0.102. The van der Waals surface area contributed by atoms with Gasteiger partial charge in [0.1, 0.15) is 5.82 Å². The molecule has 0 amide bonds. The maximum atomic E-state index is 13.0. The molecule has 1 aliphatic carbocycles. The van der Waals surface area contributed by atoms with Crippen molar-refractivity contribution < 1.29 is 4.39 Å². The summed E-state index contributed by atoms with van der Waals surface area (Å²) >= 11 is 0. The van der Waals surface area contributed by atoms with Gasteiger partial charge in [0.15, 0.2) is 0 Å². The van der Waals surface area contributed by atoms with Gasteiger partial charge in [-0.15, -0.1) is 0 Å². The van der Waals surface area contributed by atoms with Crippen molar-refractivity contribution in [1.82, 2.24) is 5.32 Å². The van der Waals surface area contributed by atoms with Gasteiger partial charge in [0.05, 0.1) is 0 Å². The zero-order valence-corrected chi connectivity index (χ0v) is 9.22. The highest BCUT2D eigenvalue weighted by molar-refractivity contribution is 5.23. The van der Waals surface area contributed by atoms with E-state index in [1.807, 2.05) is 19.1 Å². The lowest BCUT2D eigenvalue weighted by molar-refractivity contribution is 0.615. The van der Waals surface area contributed by atoms with Crippen molar-refractivity contribution >= 4 is 0 Å². The predicted molar refractivity (Wildman–Crippen MR) is 60.5 cm³/mol. The Morgan fingerprint density at radius 2 is 2.20 bits per heavy atom. The summed E-state index contributed by atoms with van der Waals surface area (Å²) in [6.07, 6.45) is 4.87. The molecule has 0 radical (unpaired) electrons. The molecule has 2 heteroatoms. The molecule has 82 valence electrons. The Morgan fingerprint density at radius 1 is 1.40 bits per heavy atom. The van der Waals surface area contributed by atoms with Gasteiger partial charge in [0.25, 0.3) is 0 Å². The molecule has 1 fully saturated rings. The smallest absolute Gasteiger partial charge is 0.126 e. The largest absolute Gasteiger partial charge is 0.314 e. The van der Waals surface area contributed by atoms with Crippen LogP contribution in [-0.2, 0) is 6.42 Å². The average Bonchev–Trinajstić information content (AvgIpc) is 3.02. The van der Waals surface area contributed by atoms with Crippen LogP contribution in [0.1, 0.15) is 30.4 Å². The number of halogens is 1. The van der Waals surface area contributed by atoms with Crippen LogP contribution >= 0.6 is 0 Å². The molecule has 0 aromatic heterocycles. The summed E-state index contributed by atoms with van der Waals surface area (Å²) in [5.41, 5.74) is 1.99. The third-order valence-electron chi connectivity index (χ3n) is 2.87. The summed E-state index contributed by atoms with van der Waals surface area (Å²) in [4.78, 5) is 0. The number of hydrogen-bond acceptors (Lipinski definition) is 1. The average molecular weight is 207 g/mol. The van der Waals surface area contributed by atoms with Crippen LogP contribution in [0.25, 0.3) is 0 Å². The Kier molecular flexibility index (Phi) is 3.37. The Labute approximate surface area is 90.7 Å². The van der Waals surface area contributed by atoms with Crippen molar-refractivity contribution in [2.75, 3.05) is 6.54 Å². The van der Waals surface area contributed by atoms with Crippen LogP contribution in [0.5, 0.6) is 0 Å². The molecule has 2 rings (SSSR count). The van der Waals surface area contributed by atoms with Gasteiger partial charge in [-0.1, -0.05) is 12.1 Å². The van der Waals surface area contributed by atoms with E-state index in [1.54, 1.807) is 6.07 Å². The molecule has 1 aromatic rings. The highest BCUT2D eigenvalue weighted by atomic mass is 19.1. The van der Waals surface area contributed by atoms with Crippen molar-refractivity contribution in [3.05, 3.63) is 35.1 Å². The second-order valence-electron chi connectivity index (χ2n) is 4.42. The van der Waals surface area contributed by atoms with E-state index < -0.39 is 0 Å².